The van der Waals surface area contributed by atoms with Gasteiger partial charge in [-0.15, -0.1) is 5.10 Å². The molecular formula is C12H22N6S. The highest BCUT2D eigenvalue weighted by Crippen LogP contribution is 2.23. The van der Waals surface area contributed by atoms with E-state index in [4.69, 9.17) is 5.26 Å². The van der Waals surface area contributed by atoms with Gasteiger partial charge in [0, 0.05) is 12.3 Å². The topological polar surface area (TPSA) is 79.4 Å². The Morgan fingerprint density at radius 3 is 2.89 bits per heavy atom. The van der Waals surface area contributed by atoms with Crippen molar-refractivity contribution in [1.29, 1.82) is 5.26 Å². The lowest BCUT2D eigenvalue weighted by Crippen LogP contribution is -2.16. The third-order valence-corrected chi connectivity index (χ3v) is 3.85. The van der Waals surface area contributed by atoms with Crippen LogP contribution in [0.3, 0.4) is 0 Å². The van der Waals surface area contributed by atoms with E-state index in [9.17, 15) is 0 Å². The van der Waals surface area contributed by atoms with Gasteiger partial charge in [-0.1, -0.05) is 18.2 Å². The molecule has 0 aliphatic heterocycles. The molecule has 0 aliphatic carbocycles. The molecule has 0 bridgehead atoms. The summed E-state index contributed by atoms with van der Waals surface area (Å²) in [7, 11) is 1.91. The number of nitriles is 1. The number of nitrogens with zero attached hydrogens (tertiary/aromatic N) is 5. The Hall–Kier alpha value is -1.13. The smallest absolute Gasteiger partial charge is 0.209 e. The van der Waals surface area contributed by atoms with Gasteiger partial charge >= 0.3 is 0 Å². The van der Waals surface area contributed by atoms with E-state index in [-0.39, 0.29) is 5.41 Å². The Morgan fingerprint density at radius 2 is 2.21 bits per heavy atom. The lowest BCUT2D eigenvalue weighted by atomic mass is 9.89. The first-order valence-corrected chi connectivity index (χ1v) is 7.52. The molecule has 1 rings (SSSR count). The van der Waals surface area contributed by atoms with Crippen LogP contribution in [0, 0.1) is 16.7 Å². The number of thioether (sulfide) groups is 1. The molecule has 6 nitrogen and oxygen atoms in total. The number of unbranched alkanes of at least 4 members (excludes halogenated alkanes) is 1. The molecule has 1 heterocycles. The van der Waals surface area contributed by atoms with Gasteiger partial charge in [0.2, 0.25) is 5.16 Å². The van der Waals surface area contributed by atoms with Crippen molar-refractivity contribution in [1.82, 2.24) is 25.5 Å². The zero-order chi connectivity index (χ0) is 14.1. The maximum Gasteiger partial charge on any atom is 0.209 e. The summed E-state index contributed by atoms with van der Waals surface area (Å²) in [5, 5.41) is 24.5. The van der Waals surface area contributed by atoms with Crippen LogP contribution in [0.1, 0.15) is 33.1 Å². The minimum atomic E-state index is -0.209. The molecule has 0 unspecified atom stereocenters. The SMILES string of the molecule is CNCCn1nnnc1SCCCCC(C)(C)C#N. The van der Waals surface area contributed by atoms with Crippen LogP contribution in [0.25, 0.3) is 0 Å². The van der Waals surface area contributed by atoms with Crippen molar-refractivity contribution >= 4 is 11.8 Å². The molecule has 0 saturated heterocycles. The fourth-order valence-corrected chi connectivity index (χ4v) is 2.45. The van der Waals surface area contributed by atoms with Gasteiger partial charge in [0.15, 0.2) is 0 Å². The number of likely N-dealkylation sites (N-methyl/N-ethyl adjacent to an activating group) is 1. The number of nitrogens with one attached hydrogen (secondary N) is 1. The maximum atomic E-state index is 8.93. The minimum Gasteiger partial charge on any atom is -0.318 e. The zero-order valence-corrected chi connectivity index (χ0v) is 12.7. The molecule has 1 aromatic rings. The van der Waals surface area contributed by atoms with Gasteiger partial charge in [-0.2, -0.15) is 5.26 Å². The average molecular weight is 282 g/mol. The molecular weight excluding hydrogens is 260 g/mol. The normalized spacial score (nSPS) is 11.5. The average Bonchev–Trinajstić information content (AvgIpc) is 2.83. The second-order valence-electron chi connectivity index (χ2n) is 5.09. The number of aromatic nitrogens is 4. The van der Waals surface area contributed by atoms with Crippen LogP contribution < -0.4 is 5.32 Å². The van der Waals surface area contributed by atoms with Crippen molar-refractivity contribution < 1.29 is 0 Å². The van der Waals surface area contributed by atoms with Crippen molar-refractivity contribution in [3.05, 3.63) is 0 Å². The van der Waals surface area contributed by atoms with E-state index in [0.29, 0.717) is 0 Å². The molecule has 0 aliphatic rings. The van der Waals surface area contributed by atoms with Crippen LogP contribution in [0.5, 0.6) is 0 Å². The summed E-state index contributed by atoms with van der Waals surface area (Å²) in [4.78, 5) is 0. The summed E-state index contributed by atoms with van der Waals surface area (Å²) in [5.41, 5.74) is -0.209. The van der Waals surface area contributed by atoms with Gasteiger partial charge in [0.25, 0.3) is 0 Å². The third kappa shape index (κ3) is 6.03. The van der Waals surface area contributed by atoms with Gasteiger partial charge in [0.05, 0.1) is 18.0 Å². The molecule has 0 fully saturated rings. The van der Waals surface area contributed by atoms with E-state index in [1.165, 1.54) is 0 Å². The quantitative estimate of drug-likeness (QED) is 0.548. The molecule has 1 N–H and O–H groups in total. The van der Waals surface area contributed by atoms with Gasteiger partial charge in [-0.25, -0.2) is 4.68 Å². The molecule has 0 spiro atoms. The molecule has 0 aromatic carbocycles. The fraction of sp³-hybridized carbons (Fsp3) is 0.833. The lowest BCUT2D eigenvalue weighted by molar-refractivity contribution is 0.433. The zero-order valence-electron chi connectivity index (χ0n) is 11.9. The van der Waals surface area contributed by atoms with Gasteiger partial charge in [-0.05, 0) is 44.2 Å². The Bertz CT molecular complexity index is 409. The van der Waals surface area contributed by atoms with Crippen molar-refractivity contribution in [2.45, 2.75) is 44.8 Å². The Balaban J connectivity index is 2.23. The number of tetrazole rings is 1. The summed E-state index contributed by atoms with van der Waals surface area (Å²) in [6.45, 7) is 5.61. The molecule has 0 saturated carbocycles. The van der Waals surface area contributed by atoms with E-state index < -0.39 is 0 Å². The molecule has 19 heavy (non-hydrogen) atoms. The molecule has 0 atom stereocenters. The molecule has 0 radical (unpaired) electrons. The van der Waals surface area contributed by atoms with Crippen molar-refractivity contribution in [3.63, 3.8) is 0 Å². The summed E-state index contributed by atoms with van der Waals surface area (Å²) in [5.74, 6) is 0.988. The Kier molecular flexibility index (Phi) is 6.81. The highest BCUT2D eigenvalue weighted by molar-refractivity contribution is 7.99. The van der Waals surface area contributed by atoms with Crippen LogP contribution >= 0.6 is 11.8 Å². The summed E-state index contributed by atoms with van der Waals surface area (Å²) in [6.07, 6.45) is 3.08. The Labute approximate surface area is 118 Å². The second kappa shape index (κ2) is 8.12. The van der Waals surface area contributed by atoms with Crippen LogP contribution in [0.15, 0.2) is 5.16 Å². The first-order chi connectivity index (χ1) is 9.09. The summed E-state index contributed by atoms with van der Waals surface area (Å²) < 4.78 is 1.82. The fourth-order valence-electron chi connectivity index (χ4n) is 1.55. The van der Waals surface area contributed by atoms with Crippen molar-refractivity contribution in [3.8, 4) is 6.07 Å². The monoisotopic (exact) mass is 282 g/mol. The van der Waals surface area contributed by atoms with E-state index in [0.717, 1.165) is 43.3 Å². The molecule has 106 valence electrons. The Morgan fingerprint density at radius 1 is 1.42 bits per heavy atom. The van der Waals surface area contributed by atoms with Gasteiger partial charge in [-0.3, -0.25) is 0 Å². The second-order valence-corrected chi connectivity index (χ2v) is 6.15. The van der Waals surface area contributed by atoms with Gasteiger partial charge in [0.1, 0.15) is 0 Å². The molecule has 0 amide bonds. The lowest BCUT2D eigenvalue weighted by Gasteiger charge is -2.13. The number of hydrogen-bond donors (Lipinski definition) is 1. The minimum absolute atomic E-state index is 0.209. The van der Waals surface area contributed by atoms with Crippen molar-refractivity contribution in [2.24, 2.45) is 5.41 Å². The predicted molar refractivity (Wildman–Crippen MR) is 75.7 cm³/mol. The van der Waals surface area contributed by atoms with Crippen LogP contribution in [-0.4, -0.2) is 39.6 Å². The van der Waals surface area contributed by atoms with E-state index in [1.807, 2.05) is 25.6 Å². The summed E-state index contributed by atoms with van der Waals surface area (Å²) >= 11 is 1.68. The predicted octanol–water partition coefficient (Wildman–Crippen LogP) is 1.70. The van der Waals surface area contributed by atoms with Crippen LogP contribution in [-0.2, 0) is 6.54 Å². The van der Waals surface area contributed by atoms with E-state index in [1.54, 1.807) is 11.8 Å². The number of rotatable bonds is 9. The number of hydrogen-bond acceptors (Lipinski definition) is 6. The largest absolute Gasteiger partial charge is 0.318 e. The van der Waals surface area contributed by atoms with E-state index >= 15 is 0 Å². The highest BCUT2D eigenvalue weighted by Gasteiger charge is 2.15. The van der Waals surface area contributed by atoms with Crippen molar-refractivity contribution in [2.75, 3.05) is 19.3 Å². The highest BCUT2D eigenvalue weighted by atomic mass is 32.2. The first kappa shape index (κ1) is 15.9. The maximum absolute atomic E-state index is 8.93. The molecule has 7 heteroatoms. The van der Waals surface area contributed by atoms with Gasteiger partial charge < -0.3 is 5.32 Å². The van der Waals surface area contributed by atoms with E-state index in [2.05, 4.69) is 26.9 Å². The van der Waals surface area contributed by atoms with Crippen LogP contribution in [0.2, 0.25) is 0 Å². The first-order valence-electron chi connectivity index (χ1n) is 6.54. The molecule has 1 aromatic heterocycles. The standard InChI is InChI=1S/C12H22N6S/c1-12(2,10-13)6-4-5-9-19-11-15-16-17-18(11)8-7-14-3/h14H,4-9H2,1-3H3. The van der Waals surface area contributed by atoms with Crippen LogP contribution in [0.4, 0.5) is 0 Å². The third-order valence-electron chi connectivity index (χ3n) is 2.80. The summed E-state index contributed by atoms with van der Waals surface area (Å²) in [6, 6.07) is 2.33.